The van der Waals surface area contributed by atoms with Crippen molar-refractivity contribution in [3.8, 4) is 0 Å². The number of carbonyl (C=O) groups excluding carboxylic acids is 3. The van der Waals surface area contributed by atoms with Crippen molar-refractivity contribution in [1.29, 1.82) is 0 Å². The van der Waals surface area contributed by atoms with Gasteiger partial charge in [0.25, 0.3) is 11.5 Å². The summed E-state index contributed by atoms with van der Waals surface area (Å²) in [4.78, 5) is 51.7. The largest absolute Gasteiger partial charge is 0.469 e. The van der Waals surface area contributed by atoms with E-state index in [4.69, 9.17) is 4.42 Å². The minimum absolute atomic E-state index is 0.0830. The van der Waals surface area contributed by atoms with Gasteiger partial charge in [-0.15, -0.1) is 0 Å². The molecule has 0 saturated heterocycles. The van der Waals surface area contributed by atoms with E-state index >= 15 is 0 Å². The molecule has 0 spiro atoms. The molecule has 0 fully saturated rings. The van der Waals surface area contributed by atoms with Crippen LogP contribution >= 0.6 is 0 Å². The first-order valence-corrected chi connectivity index (χ1v) is 9.17. The Hall–Kier alpha value is -3.74. The summed E-state index contributed by atoms with van der Waals surface area (Å²) in [5.41, 5.74) is 1.13. The van der Waals surface area contributed by atoms with E-state index in [0.717, 1.165) is 0 Å². The van der Waals surface area contributed by atoms with Gasteiger partial charge < -0.3 is 14.7 Å². The lowest BCUT2D eigenvalue weighted by molar-refractivity contribution is 0.0957. The molecule has 1 atom stereocenters. The van der Waals surface area contributed by atoms with Gasteiger partial charge in [-0.05, 0) is 55.8 Å². The van der Waals surface area contributed by atoms with Crippen molar-refractivity contribution in [2.24, 2.45) is 0 Å². The van der Waals surface area contributed by atoms with Crippen LogP contribution in [0.3, 0.4) is 0 Å². The average Bonchev–Trinajstić information content (AvgIpc) is 3.22. The zero-order chi connectivity index (χ0) is 20.5. The summed E-state index contributed by atoms with van der Waals surface area (Å²) >= 11 is 0. The second-order valence-corrected chi connectivity index (χ2v) is 7.04. The van der Waals surface area contributed by atoms with Gasteiger partial charge in [-0.25, -0.2) is 0 Å². The molecule has 1 aliphatic rings. The molecule has 3 aromatic rings. The molecule has 0 radical (unpaired) electrons. The summed E-state index contributed by atoms with van der Waals surface area (Å²) < 4.78 is 5.39. The number of aromatic nitrogens is 1. The zero-order valence-electron chi connectivity index (χ0n) is 15.7. The SMILES string of the molecule is CC(=O)c1ccc(NC(=O)c2cc3c([nH]c2=O)CC(c2ccco2)CC3=O)cc1. The fourth-order valence-electron chi connectivity index (χ4n) is 3.51. The van der Waals surface area contributed by atoms with Gasteiger partial charge in [0.05, 0.1) is 6.26 Å². The number of benzene rings is 1. The monoisotopic (exact) mass is 390 g/mol. The number of anilines is 1. The molecule has 0 bridgehead atoms. The Kier molecular flexibility index (Phi) is 4.72. The topological polar surface area (TPSA) is 109 Å². The first-order chi connectivity index (χ1) is 13.9. The Balaban J connectivity index is 1.59. The minimum atomic E-state index is -0.620. The van der Waals surface area contributed by atoms with Gasteiger partial charge in [-0.3, -0.25) is 19.2 Å². The van der Waals surface area contributed by atoms with Crippen molar-refractivity contribution in [1.82, 2.24) is 4.98 Å². The Morgan fingerprint density at radius 2 is 1.86 bits per heavy atom. The van der Waals surface area contributed by atoms with E-state index in [2.05, 4.69) is 10.3 Å². The average molecular weight is 390 g/mol. The molecule has 1 aromatic carbocycles. The quantitative estimate of drug-likeness (QED) is 0.664. The van der Waals surface area contributed by atoms with Crippen molar-refractivity contribution < 1.29 is 18.8 Å². The molecule has 1 amide bonds. The van der Waals surface area contributed by atoms with Gasteiger partial charge in [-0.1, -0.05) is 0 Å². The van der Waals surface area contributed by atoms with Crippen LogP contribution in [0.1, 0.15) is 61.8 Å². The highest BCUT2D eigenvalue weighted by atomic mass is 16.3. The summed E-state index contributed by atoms with van der Waals surface area (Å²) in [6.07, 6.45) is 2.26. The van der Waals surface area contributed by atoms with Gasteiger partial charge in [0.1, 0.15) is 11.3 Å². The highest BCUT2D eigenvalue weighted by molar-refractivity contribution is 6.07. The molecule has 146 valence electrons. The molecule has 0 saturated carbocycles. The number of Topliss-reactive ketones (excluding diaryl/α,β-unsaturated/α-hetero) is 2. The van der Waals surface area contributed by atoms with Crippen LogP contribution in [-0.4, -0.2) is 22.5 Å². The van der Waals surface area contributed by atoms with E-state index in [1.165, 1.54) is 13.0 Å². The van der Waals surface area contributed by atoms with Gasteiger partial charge in [0.15, 0.2) is 11.6 Å². The Morgan fingerprint density at radius 3 is 2.52 bits per heavy atom. The number of fused-ring (bicyclic) bond motifs is 1. The van der Waals surface area contributed by atoms with Crippen molar-refractivity contribution in [3.05, 3.63) is 87.2 Å². The number of amides is 1. The van der Waals surface area contributed by atoms with Crippen LogP contribution in [-0.2, 0) is 6.42 Å². The third-order valence-electron chi connectivity index (χ3n) is 5.05. The molecular formula is C22H18N2O5. The highest BCUT2D eigenvalue weighted by Gasteiger charge is 2.30. The van der Waals surface area contributed by atoms with Crippen molar-refractivity contribution in [2.75, 3.05) is 5.32 Å². The number of rotatable bonds is 4. The Bertz CT molecular complexity index is 1160. The maximum Gasteiger partial charge on any atom is 0.261 e. The normalized spacial score (nSPS) is 15.6. The second-order valence-electron chi connectivity index (χ2n) is 7.04. The number of aromatic amines is 1. The van der Waals surface area contributed by atoms with Crippen LogP contribution in [0.25, 0.3) is 0 Å². The molecule has 7 nitrogen and oxygen atoms in total. The molecule has 1 unspecified atom stereocenters. The van der Waals surface area contributed by atoms with Crippen molar-refractivity contribution in [3.63, 3.8) is 0 Å². The predicted molar refractivity (Wildman–Crippen MR) is 106 cm³/mol. The van der Waals surface area contributed by atoms with Gasteiger partial charge >= 0.3 is 0 Å². The van der Waals surface area contributed by atoms with E-state index in [1.807, 2.05) is 0 Å². The number of furan rings is 1. The third-order valence-corrected chi connectivity index (χ3v) is 5.05. The molecular weight excluding hydrogens is 372 g/mol. The summed E-state index contributed by atoms with van der Waals surface area (Å²) in [6.45, 7) is 1.45. The second kappa shape index (κ2) is 7.35. The lowest BCUT2D eigenvalue weighted by Gasteiger charge is -2.22. The number of carbonyl (C=O) groups is 3. The molecule has 2 heterocycles. The Morgan fingerprint density at radius 1 is 1.10 bits per heavy atom. The fraction of sp³-hybridized carbons (Fsp3) is 0.182. The van der Waals surface area contributed by atoms with Crippen LogP contribution in [0.15, 0.2) is 57.9 Å². The molecule has 29 heavy (non-hydrogen) atoms. The van der Waals surface area contributed by atoms with Crippen LogP contribution in [0.4, 0.5) is 5.69 Å². The first kappa shape index (κ1) is 18.6. The van der Waals surface area contributed by atoms with Gasteiger partial charge in [0.2, 0.25) is 0 Å². The van der Waals surface area contributed by atoms with Crippen molar-refractivity contribution in [2.45, 2.75) is 25.7 Å². The summed E-state index contributed by atoms with van der Waals surface area (Å²) in [6, 6.07) is 11.3. The first-order valence-electron chi connectivity index (χ1n) is 9.17. The van der Waals surface area contributed by atoms with Crippen LogP contribution in [0.5, 0.6) is 0 Å². The lowest BCUT2D eigenvalue weighted by Crippen LogP contribution is -2.29. The molecule has 2 aromatic heterocycles. The maximum atomic E-state index is 12.6. The summed E-state index contributed by atoms with van der Waals surface area (Å²) in [5, 5.41) is 2.62. The highest BCUT2D eigenvalue weighted by Crippen LogP contribution is 2.31. The number of pyridine rings is 1. The molecule has 1 aliphatic carbocycles. The van der Waals surface area contributed by atoms with E-state index in [-0.39, 0.29) is 29.5 Å². The zero-order valence-corrected chi connectivity index (χ0v) is 15.7. The van der Waals surface area contributed by atoms with E-state index < -0.39 is 11.5 Å². The molecule has 4 rings (SSSR count). The fourth-order valence-corrected chi connectivity index (χ4v) is 3.51. The predicted octanol–water partition coefficient (Wildman–Crippen LogP) is 3.34. The van der Waals surface area contributed by atoms with Gasteiger partial charge in [0, 0.05) is 34.8 Å². The van der Waals surface area contributed by atoms with Crippen LogP contribution in [0, 0.1) is 0 Å². The van der Waals surface area contributed by atoms with Crippen LogP contribution < -0.4 is 10.9 Å². The number of H-pyrrole nitrogens is 1. The van der Waals surface area contributed by atoms with E-state index in [0.29, 0.717) is 34.7 Å². The minimum Gasteiger partial charge on any atom is -0.469 e. The number of hydrogen-bond acceptors (Lipinski definition) is 5. The Labute approximate surface area is 165 Å². The van der Waals surface area contributed by atoms with Crippen LogP contribution in [0.2, 0.25) is 0 Å². The number of hydrogen-bond donors (Lipinski definition) is 2. The summed E-state index contributed by atoms with van der Waals surface area (Å²) in [7, 11) is 0. The van der Waals surface area contributed by atoms with Gasteiger partial charge in [-0.2, -0.15) is 0 Å². The van der Waals surface area contributed by atoms with E-state index in [1.54, 1.807) is 42.7 Å². The summed E-state index contributed by atoms with van der Waals surface area (Å²) in [5.74, 6) is -0.296. The third kappa shape index (κ3) is 3.67. The molecule has 2 N–H and O–H groups in total. The smallest absolute Gasteiger partial charge is 0.261 e. The number of ketones is 2. The molecule has 0 aliphatic heterocycles. The maximum absolute atomic E-state index is 12.6. The van der Waals surface area contributed by atoms with Crippen molar-refractivity contribution >= 4 is 23.2 Å². The van der Waals surface area contributed by atoms with E-state index in [9.17, 15) is 19.2 Å². The molecule has 7 heteroatoms. The standard InChI is InChI=1S/C22H18N2O5/c1-12(25)13-4-6-15(7-5-13)23-21(27)17-11-16-18(24-22(17)28)9-14(10-19(16)26)20-3-2-8-29-20/h2-8,11,14H,9-10H2,1H3,(H,23,27)(H,24,28). The number of nitrogens with one attached hydrogen (secondary N) is 2. The lowest BCUT2D eigenvalue weighted by atomic mass is 9.84.